The maximum absolute atomic E-state index is 13.1. The standard InChI is InChI=1S/C16H12FN3/c17-13-3-1-2-11(8-13)5-7-16-19-14-6-4-12(10-18)9-15(14)20-16/h1-4,6,8-9H,5,7H2,(H,19,20). The molecule has 0 radical (unpaired) electrons. The molecule has 0 bridgehead atoms. The van der Waals surface area contributed by atoms with Gasteiger partial charge in [-0.3, -0.25) is 0 Å². The van der Waals surface area contributed by atoms with E-state index in [-0.39, 0.29) is 5.82 Å². The summed E-state index contributed by atoms with van der Waals surface area (Å²) in [6.45, 7) is 0. The molecule has 1 heterocycles. The Labute approximate surface area is 115 Å². The van der Waals surface area contributed by atoms with Gasteiger partial charge in [-0.25, -0.2) is 9.37 Å². The van der Waals surface area contributed by atoms with Crippen molar-refractivity contribution in [3.63, 3.8) is 0 Å². The number of H-pyrrole nitrogens is 1. The molecule has 0 atom stereocenters. The lowest BCUT2D eigenvalue weighted by molar-refractivity contribution is 0.625. The van der Waals surface area contributed by atoms with E-state index < -0.39 is 0 Å². The second-order valence-electron chi connectivity index (χ2n) is 4.66. The lowest BCUT2D eigenvalue weighted by atomic mass is 10.1. The molecule has 0 aliphatic rings. The fraction of sp³-hybridized carbons (Fsp3) is 0.125. The summed E-state index contributed by atoms with van der Waals surface area (Å²) in [6, 6.07) is 14.1. The summed E-state index contributed by atoms with van der Waals surface area (Å²) >= 11 is 0. The van der Waals surface area contributed by atoms with Gasteiger partial charge >= 0.3 is 0 Å². The molecule has 0 saturated carbocycles. The number of nitriles is 1. The molecule has 0 unspecified atom stereocenters. The van der Waals surface area contributed by atoms with E-state index in [1.54, 1.807) is 18.2 Å². The van der Waals surface area contributed by atoms with E-state index in [0.29, 0.717) is 12.0 Å². The summed E-state index contributed by atoms with van der Waals surface area (Å²) in [4.78, 5) is 7.67. The number of nitrogens with one attached hydrogen (secondary N) is 1. The highest BCUT2D eigenvalue weighted by molar-refractivity contribution is 5.76. The smallest absolute Gasteiger partial charge is 0.123 e. The number of imidazole rings is 1. The minimum absolute atomic E-state index is 0.217. The predicted octanol–water partition coefficient (Wildman–Crippen LogP) is 3.36. The number of fused-ring (bicyclic) bond motifs is 1. The summed E-state index contributed by atoms with van der Waals surface area (Å²) < 4.78 is 13.1. The van der Waals surface area contributed by atoms with Gasteiger partial charge in [0.05, 0.1) is 22.7 Å². The average Bonchev–Trinajstić information content (AvgIpc) is 2.87. The van der Waals surface area contributed by atoms with E-state index in [1.807, 2.05) is 12.1 Å². The van der Waals surface area contributed by atoms with Gasteiger partial charge in [0.1, 0.15) is 11.6 Å². The molecule has 2 aromatic carbocycles. The number of halogens is 1. The molecule has 1 N–H and O–H groups in total. The van der Waals surface area contributed by atoms with Gasteiger partial charge in [-0.15, -0.1) is 0 Å². The third-order valence-corrected chi connectivity index (χ3v) is 3.20. The minimum atomic E-state index is -0.217. The minimum Gasteiger partial charge on any atom is -0.342 e. The molecular weight excluding hydrogens is 253 g/mol. The van der Waals surface area contributed by atoms with Gasteiger partial charge in [0.2, 0.25) is 0 Å². The molecule has 20 heavy (non-hydrogen) atoms. The second-order valence-corrected chi connectivity index (χ2v) is 4.66. The van der Waals surface area contributed by atoms with E-state index in [4.69, 9.17) is 5.26 Å². The zero-order valence-corrected chi connectivity index (χ0v) is 10.7. The average molecular weight is 265 g/mol. The highest BCUT2D eigenvalue weighted by Gasteiger charge is 2.04. The van der Waals surface area contributed by atoms with Crippen LogP contribution in [0.2, 0.25) is 0 Å². The molecule has 3 nitrogen and oxygen atoms in total. The molecule has 0 saturated heterocycles. The van der Waals surface area contributed by atoms with Crippen molar-refractivity contribution in [2.24, 2.45) is 0 Å². The number of aromatic amines is 1. The van der Waals surface area contributed by atoms with Gasteiger partial charge in [0, 0.05) is 6.42 Å². The maximum atomic E-state index is 13.1. The summed E-state index contributed by atoms with van der Waals surface area (Å²) in [5.74, 6) is 0.630. The third-order valence-electron chi connectivity index (χ3n) is 3.20. The first-order chi connectivity index (χ1) is 9.74. The van der Waals surface area contributed by atoms with Crippen molar-refractivity contribution in [3.8, 4) is 6.07 Å². The van der Waals surface area contributed by atoms with E-state index in [0.717, 1.165) is 28.8 Å². The Morgan fingerprint density at radius 1 is 1.15 bits per heavy atom. The van der Waals surface area contributed by atoms with E-state index >= 15 is 0 Å². The van der Waals surface area contributed by atoms with Crippen molar-refractivity contribution < 1.29 is 4.39 Å². The molecule has 0 amide bonds. The molecule has 4 heteroatoms. The normalized spacial score (nSPS) is 10.6. The van der Waals surface area contributed by atoms with Crippen LogP contribution in [-0.4, -0.2) is 9.97 Å². The Morgan fingerprint density at radius 3 is 2.85 bits per heavy atom. The van der Waals surface area contributed by atoms with Gasteiger partial charge in [-0.05, 0) is 42.3 Å². The summed E-state index contributed by atoms with van der Waals surface area (Å²) in [7, 11) is 0. The number of aromatic nitrogens is 2. The fourth-order valence-electron chi connectivity index (χ4n) is 2.21. The second kappa shape index (κ2) is 5.14. The molecule has 0 fully saturated rings. The Hall–Kier alpha value is -2.67. The van der Waals surface area contributed by atoms with E-state index in [2.05, 4.69) is 16.0 Å². The lowest BCUT2D eigenvalue weighted by Crippen LogP contribution is -1.93. The van der Waals surface area contributed by atoms with Crippen LogP contribution in [-0.2, 0) is 12.8 Å². The van der Waals surface area contributed by atoms with Crippen LogP contribution in [0.1, 0.15) is 17.0 Å². The molecular formula is C16H12FN3. The Bertz CT molecular complexity index is 799. The van der Waals surface area contributed by atoms with Crippen LogP contribution < -0.4 is 0 Å². The first-order valence-corrected chi connectivity index (χ1v) is 6.38. The fourth-order valence-corrected chi connectivity index (χ4v) is 2.21. The first-order valence-electron chi connectivity index (χ1n) is 6.38. The van der Waals surface area contributed by atoms with Crippen molar-refractivity contribution in [2.75, 3.05) is 0 Å². The van der Waals surface area contributed by atoms with Gasteiger partial charge < -0.3 is 4.98 Å². The van der Waals surface area contributed by atoms with Gasteiger partial charge in [-0.2, -0.15) is 5.26 Å². The molecule has 1 aromatic heterocycles. The van der Waals surface area contributed by atoms with E-state index in [9.17, 15) is 4.39 Å². The van der Waals surface area contributed by atoms with Gasteiger partial charge in [-0.1, -0.05) is 12.1 Å². The zero-order chi connectivity index (χ0) is 13.9. The quantitative estimate of drug-likeness (QED) is 0.789. The first kappa shape index (κ1) is 12.4. The Kier molecular flexibility index (Phi) is 3.18. The van der Waals surface area contributed by atoms with Crippen molar-refractivity contribution >= 4 is 11.0 Å². The molecule has 98 valence electrons. The van der Waals surface area contributed by atoms with Crippen LogP contribution in [0.25, 0.3) is 11.0 Å². The van der Waals surface area contributed by atoms with Crippen molar-refractivity contribution in [2.45, 2.75) is 12.8 Å². The monoisotopic (exact) mass is 265 g/mol. The number of rotatable bonds is 3. The molecule has 0 spiro atoms. The zero-order valence-electron chi connectivity index (χ0n) is 10.7. The third kappa shape index (κ3) is 2.52. The van der Waals surface area contributed by atoms with Gasteiger partial charge in [0.25, 0.3) is 0 Å². The molecule has 3 rings (SSSR count). The van der Waals surface area contributed by atoms with E-state index in [1.165, 1.54) is 12.1 Å². The highest BCUT2D eigenvalue weighted by atomic mass is 19.1. The Morgan fingerprint density at radius 2 is 2.05 bits per heavy atom. The number of benzene rings is 2. The summed E-state index contributed by atoms with van der Waals surface area (Å²) in [5.41, 5.74) is 3.26. The molecule has 0 aliphatic heterocycles. The number of aryl methyl sites for hydroxylation is 2. The lowest BCUT2D eigenvalue weighted by Gasteiger charge is -1.99. The largest absolute Gasteiger partial charge is 0.342 e. The Balaban J connectivity index is 1.79. The number of hydrogen-bond donors (Lipinski definition) is 1. The maximum Gasteiger partial charge on any atom is 0.123 e. The molecule has 0 aliphatic carbocycles. The number of nitrogens with zero attached hydrogens (tertiary/aromatic N) is 2. The van der Waals surface area contributed by atoms with Crippen LogP contribution in [0.3, 0.4) is 0 Å². The summed E-state index contributed by atoms with van der Waals surface area (Å²) in [6.07, 6.45) is 1.43. The number of hydrogen-bond acceptors (Lipinski definition) is 2. The van der Waals surface area contributed by atoms with Crippen LogP contribution in [0.4, 0.5) is 4.39 Å². The van der Waals surface area contributed by atoms with Crippen molar-refractivity contribution in [1.29, 1.82) is 5.26 Å². The van der Waals surface area contributed by atoms with Gasteiger partial charge in [0.15, 0.2) is 0 Å². The summed E-state index contributed by atoms with van der Waals surface area (Å²) in [5, 5.41) is 8.86. The van der Waals surface area contributed by atoms with Crippen LogP contribution in [0, 0.1) is 17.1 Å². The topological polar surface area (TPSA) is 52.5 Å². The van der Waals surface area contributed by atoms with Crippen molar-refractivity contribution in [3.05, 3.63) is 65.2 Å². The SMILES string of the molecule is N#Cc1ccc2nc(CCc3cccc(F)c3)[nH]c2c1. The van der Waals surface area contributed by atoms with Crippen LogP contribution in [0.15, 0.2) is 42.5 Å². The highest BCUT2D eigenvalue weighted by Crippen LogP contribution is 2.15. The molecule has 3 aromatic rings. The van der Waals surface area contributed by atoms with Crippen LogP contribution in [0.5, 0.6) is 0 Å². The predicted molar refractivity (Wildman–Crippen MR) is 74.6 cm³/mol. The van der Waals surface area contributed by atoms with Crippen LogP contribution >= 0.6 is 0 Å². The van der Waals surface area contributed by atoms with Crippen molar-refractivity contribution in [1.82, 2.24) is 9.97 Å².